The Balaban J connectivity index is 1.39. The Kier molecular flexibility index (Phi) is 7.32. The molecule has 1 aromatic carbocycles. The van der Waals surface area contributed by atoms with Crippen LogP contribution in [0.15, 0.2) is 61.1 Å². The Morgan fingerprint density at radius 2 is 2.03 bits per heavy atom. The van der Waals surface area contributed by atoms with Crippen molar-refractivity contribution in [1.82, 2.24) is 14.9 Å². The van der Waals surface area contributed by atoms with E-state index >= 15 is 0 Å². The Hall–Kier alpha value is -3.50. The molecule has 3 heterocycles. The third kappa shape index (κ3) is 5.77. The Morgan fingerprint density at radius 3 is 2.71 bits per heavy atom. The summed E-state index contributed by atoms with van der Waals surface area (Å²) in [7, 11) is 0. The quantitative estimate of drug-likeness (QED) is 0.516. The molecule has 0 bridgehead atoms. The van der Waals surface area contributed by atoms with E-state index in [2.05, 4.69) is 15.3 Å². The zero-order valence-electron chi connectivity index (χ0n) is 19.0. The predicted octanol–water partition coefficient (Wildman–Crippen LogP) is 4.35. The van der Waals surface area contributed by atoms with Crippen molar-refractivity contribution in [3.05, 3.63) is 78.0 Å². The van der Waals surface area contributed by atoms with E-state index in [4.69, 9.17) is 4.74 Å². The Labute approximate surface area is 200 Å². The number of amides is 1. The molecule has 3 aromatic rings. The number of nitrogens with zero attached hydrogens (tertiary/aromatic N) is 3. The van der Waals surface area contributed by atoms with Gasteiger partial charge in [-0.05, 0) is 55.0 Å². The van der Waals surface area contributed by atoms with Gasteiger partial charge in [-0.3, -0.25) is 14.7 Å². The van der Waals surface area contributed by atoms with Crippen molar-refractivity contribution in [2.45, 2.75) is 37.8 Å². The molecule has 2 N–H and O–H groups in total. The third-order valence-electron chi connectivity index (χ3n) is 6.10. The molecule has 1 aliphatic heterocycles. The predicted molar refractivity (Wildman–Crippen MR) is 123 cm³/mol. The number of aromatic nitrogens is 2. The molecule has 2 atom stereocenters. The number of hydrogen-bond acceptors (Lipinski definition) is 6. The van der Waals surface area contributed by atoms with Crippen molar-refractivity contribution >= 4 is 11.7 Å². The maximum Gasteiger partial charge on any atom is 0.257 e. The molecular formula is C25H25F3N4O3. The zero-order chi connectivity index (χ0) is 25.0. The summed E-state index contributed by atoms with van der Waals surface area (Å²) in [5.41, 5.74) is 0.776. The third-order valence-corrected chi connectivity index (χ3v) is 6.10. The molecule has 0 aliphatic carbocycles. The number of halogens is 3. The number of hydrogen-bond donors (Lipinski definition) is 2. The summed E-state index contributed by atoms with van der Waals surface area (Å²) in [5.74, 6) is -3.88. The molecule has 0 unspecified atom stereocenters. The van der Waals surface area contributed by atoms with Crippen LogP contribution in [0.5, 0.6) is 11.5 Å². The van der Waals surface area contributed by atoms with Gasteiger partial charge in [0.25, 0.3) is 5.92 Å². The molecule has 1 aliphatic rings. The van der Waals surface area contributed by atoms with E-state index in [9.17, 15) is 23.1 Å². The fourth-order valence-electron chi connectivity index (χ4n) is 4.03. The van der Waals surface area contributed by atoms with Gasteiger partial charge in [0.05, 0.1) is 24.8 Å². The molecule has 35 heavy (non-hydrogen) atoms. The first-order valence-corrected chi connectivity index (χ1v) is 11.1. The second-order valence-electron chi connectivity index (χ2n) is 8.40. The second kappa shape index (κ2) is 10.4. The van der Waals surface area contributed by atoms with Crippen molar-refractivity contribution in [2.24, 2.45) is 0 Å². The van der Waals surface area contributed by atoms with Crippen LogP contribution in [0.4, 0.5) is 19.0 Å². The van der Waals surface area contributed by atoms with Crippen LogP contribution < -0.4 is 10.1 Å². The van der Waals surface area contributed by atoms with E-state index in [-0.39, 0.29) is 42.5 Å². The number of benzene rings is 1. The minimum atomic E-state index is -2.87. The average Bonchev–Trinajstić information content (AvgIpc) is 2.86. The maximum absolute atomic E-state index is 14.6. The molecule has 184 valence electrons. The summed E-state index contributed by atoms with van der Waals surface area (Å²) in [4.78, 5) is 22.6. The number of aliphatic hydroxyl groups excluding tert-OH is 1. The second-order valence-corrected chi connectivity index (χ2v) is 8.40. The molecule has 7 nitrogen and oxygen atoms in total. The van der Waals surface area contributed by atoms with Crippen LogP contribution in [0.1, 0.15) is 30.4 Å². The summed E-state index contributed by atoms with van der Waals surface area (Å²) in [6, 6.07) is 9.40. The van der Waals surface area contributed by atoms with E-state index in [1.54, 1.807) is 30.0 Å². The SMILES string of the molecule is C[C@@H](C(=O)Nc1ccc(Oc2ccc(F)cc2CO)cn1)N1CCC(F)(F)[C@@H](c2ccncc2)C1. The molecule has 0 radical (unpaired) electrons. The molecule has 10 heteroatoms. The highest BCUT2D eigenvalue weighted by Gasteiger charge is 2.46. The standard InChI is InChI=1S/C25H25F3N4O3/c1-16(32-11-8-25(27,28)21(14-32)17-6-9-29-10-7-17)24(34)31-23-5-3-20(13-30-23)35-22-4-2-19(26)12-18(22)15-33/h2-7,9-10,12-13,16,21,33H,8,11,14-15H2,1H3,(H,30,31,34)/t16-,21+/m0/s1. The van der Waals surface area contributed by atoms with Crippen LogP contribution in [-0.2, 0) is 11.4 Å². The van der Waals surface area contributed by atoms with Gasteiger partial charge in [0.1, 0.15) is 23.1 Å². The molecule has 0 spiro atoms. The highest BCUT2D eigenvalue weighted by molar-refractivity contribution is 5.93. The molecule has 1 fully saturated rings. The Bertz CT molecular complexity index is 1160. The molecule has 0 saturated carbocycles. The topological polar surface area (TPSA) is 87.6 Å². The molecule has 1 amide bonds. The first-order valence-electron chi connectivity index (χ1n) is 11.1. The summed E-state index contributed by atoms with van der Waals surface area (Å²) in [5, 5.41) is 12.1. The Morgan fingerprint density at radius 1 is 1.26 bits per heavy atom. The molecule has 2 aromatic heterocycles. The first-order chi connectivity index (χ1) is 16.8. The number of alkyl halides is 2. The summed E-state index contributed by atoms with van der Waals surface area (Å²) >= 11 is 0. The van der Waals surface area contributed by atoms with Crippen LogP contribution in [0.3, 0.4) is 0 Å². The van der Waals surface area contributed by atoms with Crippen LogP contribution in [0, 0.1) is 5.82 Å². The van der Waals surface area contributed by atoms with Gasteiger partial charge in [-0.1, -0.05) is 0 Å². The van der Waals surface area contributed by atoms with Crippen LogP contribution >= 0.6 is 0 Å². The number of piperidine rings is 1. The van der Waals surface area contributed by atoms with Crippen molar-refractivity contribution in [3.8, 4) is 11.5 Å². The van der Waals surface area contributed by atoms with Gasteiger partial charge in [0.2, 0.25) is 5.91 Å². The van der Waals surface area contributed by atoms with Gasteiger partial charge < -0.3 is 15.2 Å². The van der Waals surface area contributed by atoms with Crippen molar-refractivity contribution in [3.63, 3.8) is 0 Å². The minimum absolute atomic E-state index is 0.0384. The number of ether oxygens (including phenoxy) is 1. The van der Waals surface area contributed by atoms with Gasteiger partial charge in [0.15, 0.2) is 0 Å². The van der Waals surface area contributed by atoms with Gasteiger partial charge >= 0.3 is 0 Å². The van der Waals surface area contributed by atoms with E-state index in [0.717, 1.165) is 0 Å². The first kappa shape index (κ1) is 24.6. The van der Waals surface area contributed by atoms with Crippen LogP contribution in [0.2, 0.25) is 0 Å². The zero-order valence-corrected chi connectivity index (χ0v) is 19.0. The number of anilines is 1. The van der Waals surface area contributed by atoms with Gasteiger partial charge in [0, 0.05) is 37.5 Å². The highest BCUT2D eigenvalue weighted by Crippen LogP contribution is 2.40. The number of aliphatic hydroxyl groups is 1. The van der Waals surface area contributed by atoms with Gasteiger partial charge in [-0.25, -0.2) is 18.2 Å². The van der Waals surface area contributed by atoms with E-state index in [1.165, 1.54) is 42.9 Å². The lowest BCUT2D eigenvalue weighted by Crippen LogP contribution is -2.52. The van der Waals surface area contributed by atoms with E-state index in [0.29, 0.717) is 11.3 Å². The lowest BCUT2D eigenvalue weighted by molar-refractivity contribution is -0.125. The maximum atomic E-state index is 14.6. The largest absolute Gasteiger partial charge is 0.455 e. The summed E-state index contributed by atoms with van der Waals surface area (Å²) in [6.07, 6.45) is 4.01. The monoisotopic (exact) mass is 486 g/mol. The average molecular weight is 486 g/mol. The van der Waals surface area contributed by atoms with E-state index < -0.39 is 30.3 Å². The lowest BCUT2D eigenvalue weighted by atomic mass is 9.87. The number of carbonyl (C=O) groups excluding carboxylic acids is 1. The summed E-state index contributed by atoms with van der Waals surface area (Å²) in [6.45, 7) is 1.41. The van der Waals surface area contributed by atoms with Crippen LogP contribution in [0.25, 0.3) is 0 Å². The lowest BCUT2D eigenvalue weighted by Gasteiger charge is -2.40. The molecule has 1 saturated heterocycles. The normalized spacial score (nSPS) is 18.6. The van der Waals surface area contributed by atoms with E-state index in [1.807, 2.05) is 0 Å². The molecular weight excluding hydrogens is 461 g/mol. The fraction of sp³-hybridized carbons (Fsp3) is 0.320. The summed E-state index contributed by atoms with van der Waals surface area (Å²) < 4.78 is 48.2. The molecule has 4 rings (SSSR count). The van der Waals surface area contributed by atoms with Crippen molar-refractivity contribution in [1.29, 1.82) is 0 Å². The number of nitrogens with one attached hydrogen (secondary N) is 1. The fourth-order valence-corrected chi connectivity index (χ4v) is 4.03. The number of pyridine rings is 2. The van der Waals surface area contributed by atoms with Gasteiger partial charge in [-0.15, -0.1) is 0 Å². The van der Waals surface area contributed by atoms with Crippen molar-refractivity contribution < 1.29 is 27.8 Å². The highest BCUT2D eigenvalue weighted by atomic mass is 19.3. The minimum Gasteiger partial charge on any atom is -0.455 e. The van der Waals surface area contributed by atoms with Gasteiger partial charge in [-0.2, -0.15) is 0 Å². The van der Waals surface area contributed by atoms with Crippen LogP contribution in [-0.4, -0.2) is 50.9 Å². The smallest absolute Gasteiger partial charge is 0.257 e. The number of likely N-dealkylation sites (tertiary alicyclic amines) is 1. The van der Waals surface area contributed by atoms with Crippen molar-refractivity contribution in [2.75, 3.05) is 18.4 Å². The number of carbonyl (C=O) groups is 1. The number of rotatable bonds is 7.